The highest BCUT2D eigenvalue weighted by molar-refractivity contribution is 5.81. The summed E-state index contributed by atoms with van der Waals surface area (Å²) in [4.78, 5) is 51.3. The van der Waals surface area contributed by atoms with Gasteiger partial charge in [-0.05, 0) is 53.5 Å². The molecule has 6 aromatic rings. The van der Waals surface area contributed by atoms with E-state index in [1.54, 1.807) is 0 Å². The number of benzene rings is 5. The predicted octanol–water partition coefficient (Wildman–Crippen LogP) is 7.24. The summed E-state index contributed by atoms with van der Waals surface area (Å²) < 4.78 is 12.9. The van der Waals surface area contributed by atoms with E-state index >= 15 is 0 Å². The Bertz CT molecular complexity index is 1940. The minimum atomic E-state index is -1.29. The van der Waals surface area contributed by atoms with Crippen molar-refractivity contribution < 1.29 is 28.7 Å². The van der Waals surface area contributed by atoms with Gasteiger partial charge in [0.25, 0.3) is 0 Å². The average molecular weight is 707 g/mol. The third-order valence-corrected chi connectivity index (χ3v) is 8.92. The van der Waals surface area contributed by atoms with E-state index in [0.29, 0.717) is 31.4 Å². The van der Waals surface area contributed by atoms with Crippen molar-refractivity contribution in [2.75, 3.05) is 0 Å². The summed E-state index contributed by atoms with van der Waals surface area (Å²) in [6.07, 6.45) is 3.38. The molecule has 0 spiro atoms. The molecule has 0 saturated carbocycles. The van der Waals surface area contributed by atoms with Crippen molar-refractivity contribution in [3.8, 4) is 0 Å². The molecule has 0 aliphatic heterocycles. The van der Waals surface area contributed by atoms with E-state index in [-0.39, 0.29) is 13.0 Å². The molecule has 0 fully saturated rings. The van der Waals surface area contributed by atoms with Gasteiger partial charge in [0.05, 0.1) is 23.7 Å². The molecular formula is C45H42N2O6. The molecule has 0 N–H and O–H groups in total. The lowest BCUT2D eigenvalue weighted by atomic mass is 9.92. The Hall–Kier alpha value is -6.28. The van der Waals surface area contributed by atoms with Crippen LogP contribution in [0.2, 0.25) is 0 Å². The van der Waals surface area contributed by atoms with Crippen molar-refractivity contribution >= 4 is 17.9 Å². The van der Waals surface area contributed by atoms with Crippen molar-refractivity contribution in [2.45, 2.75) is 44.8 Å². The number of imidazole rings is 1. The SMILES string of the molecule is O=C(O[C@@H](Cc1cn(OC(=O)C(Cc2ccccc2)Cc2ccccc2)cn1)C(=O)OCc1ccccc1)C(Cc1ccccc1)Cc1ccccc1. The molecule has 1 aromatic heterocycles. The molecule has 0 bridgehead atoms. The van der Waals surface area contributed by atoms with E-state index in [1.165, 1.54) is 17.3 Å². The summed E-state index contributed by atoms with van der Waals surface area (Å²) in [5.41, 5.74) is 5.19. The minimum Gasteiger partial charge on any atom is -0.458 e. The molecule has 0 unspecified atom stereocenters. The molecule has 1 atom stereocenters. The minimum absolute atomic E-state index is 0.0153. The average Bonchev–Trinajstić information content (AvgIpc) is 3.64. The van der Waals surface area contributed by atoms with Crippen LogP contribution in [-0.4, -0.2) is 33.7 Å². The first-order valence-electron chi connectivity index (χ1n) is 17.8. The summed E-state index contributed by atoms with van der Waals surface area (Å²) in [6, 6.07) is 48.4. The second-order valence-electron chi connectivity index (χ2n) is 13.0. The summed E-state index contributed by atoms with van der Waals surface area (Å²) in [5, 5.41) is 0. The van der Waals surface area contributed by atoms with Gasteiger partial charge in [-0.15, -0.1) is 0 Å². The molecule has 0 saturated heterocycles. The second-order valence-corrected chi connectivity index (χ2v) is 13.0. The summed E-state index contributed by atoms with van der Waals surface area (Å²) in [7, 11) is 0. The number of ether oxygens (including phenoxy) is 2. The van der Waals surface area contributed by atoms with Gasteiger partial charge >= 0.3 is 17.9 Å². The highest BCUT2D eigenvalue weighted by atomic mass is 16.7. The number of rotatable bonds is 17. The van der Waals surface area contributed by atoms with Gasteiger partial charge in [0.15, 0.2) is 0 Å². The van der Waals surface area contributed by atoms with Crippen LogP contribution in [0.1, 0.15) is 33.5 Å². The van der Waals surface area contributed by atoms with Crippen LogP contribution >= 0.6 is 0 Å². The van der Waals surface area contributed by atoms with Gasteiger partial charge in [0, 0.05) is 6.42 Å². The van der Waals surface area contributed by atoms with E-state index in [0.717, 1.165) is 27.8 Å². The zero-order chi connectivity index (χ0) is 36.7. The van der Waals surface area contributed by atoms with Crippen LogP contribution in [-0.2, 0) is 62.6 Å². The summed E-state index contributed by atoms with van der Waals surface area (Å²) >= 11 is 0. The van der Waals surface area contributed by atoms with Crippen molar-refractivity contribution in [2.24, 2.45) is 11.8 Å². The topological polar surface area (TPSA) is 96.7 Å². The number of esters is 2. The number of hydrogen-bond donors (Lipinski definition) is 0. The van der Waals surface area contributed by atoms with E-state index in [1.807, 2.05) is 152 Å². The van der Waals surface area contributed by atoms with Crippen molar-refractivity contribution in [3.05, 3.63) is 198 Å². The van der Waals surface area contributed by atoms with Crippen LogP contribution in [0.15, 0.2) is 164 Å². The van der Waals surface area contributed by atoms with Gasteiger partial charge in [-0.1, -0.05) is 152 Å². The largest absolute Gasteiger partial charge is 0.458 e. The fourth-order valence-electron chi connectivity index (χ4n) is 6.17. The van der Waals surface area contributed by atoms with Gasteiger partial charge in [0.2, 0.25) is 6.10 Å². The van der Waals surface area contributed by atoms with Crippen LogP contribution < -0.4 is 4.84 Å². The van der Waals surface area contributed by atoms with Crippen molar-refractivity contribution in [1.82, 2.24) is 9.71 Å². The van der Waals surface area contributed by atoms with Gasteiger partial charge in [0.1, 0.15) is 12.9 Å². The zero-order valence-electron chi connectivity index (χ0n) is 29.4. The third-order valence-electron chi connectivity index (χ3n) is 8.92. The molecule has 1 heterocycles. The number of hydrogen-bond acceptors (Lipinski definition) is 7. The lowest BCUT2D eigenvalue weighted by molar-refractivity contribution is -0.171. The molecule has 0 amide bonds. The number of carbonyl (C=O) groups is 3. The monoisotopic (exact) mass is 706 g/mol. The maximum atomic E-state index is 13.9. The Labute approximate surface area is 310 Å². The van der Waals surface area contributed by atoms with Crippen LogP contribution in [0.4, 0.5) is 0 Å². The van der Waals surface area contributed by atoms with Crippen LogP contribution in [0.5, 0.6) is 0 Å². The number of nitrogens with zero attached hydrogens (tertiary/aromatic N) is 2. The first-order chi connectivity index (χ1) is 26.0. The van der Waals surface area contributed by atoms with Gasteiger partial charge in [-0.2, -0.15) is 4.73 Å². The molecule has 0 radical (unpaired) electrons. The predicted molar refractivity (Wildman–Crippen MR) is 201 cm³/mol. The number of carbonyl (C=O) groups excluding carboxylic acids is 3. The Morgan fingerprint density at radius 2 is 0.887 bits per heavy atom. The van der Waals surface area contributed by atoms with E-state index in [9.17, 15) is 14.4 Å². The second kappa shape index (κ2) is 18.8. The third kappa shape index (κ3) is 11.4. The first-order valence-corrected chi connectivity index (χ1v) is 17.8. The van der Waals surface area contributed by atoms with E-state index < -0.39 is 35.8 Å². The fraction of sp³-hybridized carbons (Fsp3) is 0.200. The molecule has 8 nitrogen and oxygen atoms in total. The molecule has 6 rings (SSSR count). The lowest BCUT2D eigenvalue weighted by Gasteiger charge is -2.21. The van der Waals surface area contributed by atoms with Gasteiger partial charge < -0.3 is 14.3 Å². The first kappa shape index (κ1) is 36.5. The van der Waals surface area contributed by atoms with E-state index in [2.05, 4.69) is 4.98 Å². The molecule has 8 heteroatoms. The number of aromatic nitrogens is 2. The maximum Gasteiger partial charge on any atom is 0.348 e. The van der Waals surface area contributed by atoms with Gasteiger partial charge in [-0.25, -0.2) is 14.6 Å². The van der Waals surface area contributed by atoms with E-state index in [4.69, 9.17) is 14.3 Å². The van der Waals surface area contributed by atoms with Crippen LogP contribution in [0, 0.1) is 11.8 Å². The van der Waals surface area contributed by atoms with Gasteiger partial charge in [-0.3, -0.25) is 4.79 Å². The maximum absolute atomic E-state index is 13.9. The quantitative estimate of drug-likeness (QED) is 0.0923. The standard InChI is InChI=1S/C45H42N2O6/c48-43(39(26-34-16-6-1-7-17-34)27-35-18-8-2-9-19-35)52-42(45(50)51-32-38-24-14-5-15-25-38)30-41-31-47(33-46-41)53-44(49)40(28-36-20-10-3-11-21-36)29-37-22-12-4-13-23-37/h1-25,31,33,39-40,42H,26-30,32H2/t42-/m0/s1. The highest BCUT2D eigenvalue weighted by Crippen LogP contribution is 2.20. The Morgan fingerprint density at radius 3 is 1.32 bits per heavy atom. The Morgan fingerprint density at radius 1 is 0.491 bits per heavy atom. The molecule has 0 aliphatic carbocycles. The molecule has 268 valence electrons. The molecule has 0 aliphatic rings. The van der Waals surface area contributed by atoms with Crippen molar-refractivity contribution in [3.63, 3.8) is 0 Å². The van der Waals surface area contributed by atoms with Crippen LogP contribution in [0.25, 0.3) is 0 Å². The molecule has 53 heavy (non-hydrogen) atoms. The Kier molecular flexibility index (Phi) is 13.0. The van der Waals surface area contributed by atoms with Crippen molar-refractivity contribution in [1.29, 1.82) is 0 Å². The fourth-order valence-corrected chi connectivity index (χ4v) is 6.17. The van der Waals surface area contributed by atoms with Crippen LogP contribution in [0.3, 0.4) is 0 Å². The zero-order valence-corrected chi connectivity index (χ0v) is 29.4. The molecule has 5 aromatic carbocycles. The Balaban J connectivity index is 1.18. The summed E-state index contributed by atoms with van der Waals surface area (Å²) in [5.74, 6) is -2.66. The summed E-state index contributed by atoms with van der Waals surface area (Å²) in [6.45, 7) is 0.0153. The molecular weight excluding hydrogens is 665 g/mol. The lowest BCUT2D eigenvalue weighted by Crippen LogP contribution is -2.35. The smallest absolute Gasteiger partial charge is 0.348 e. The normalized spacial score (nSPS) is 11.6. The highest BCUT2D eigenvalue weighted by Gasteiger charge is 2.31.